The second-order valence-corrected chi connectivity index (χ2v) is 15.2. The van der Waals surface area contributed by atoms with Crippen LogP contribution in [0.2, 0.25) is 0 Å². The topological polar surface area (TPSA) is 189 Å². The van der Waals surface area contributed by atoms with Crippen LogP contribution in [0.1, 0.15) is 156 Å². The van der Waals surface area contributed by atoms with Gasteiger partial charge in [0.05, 0.1) is 32.0 Å². The third kappa shape index (κ3) is 31.4. The maximum atomic E-state index is 12.6. The first-order valence-electron chi connectivity index (χ1n) is 19.2. The second kappa shape index (κ2) is 32.3. The van der Waals surface area contributed by atoms with Crippen LogP contribution < -0.4 is 0 Å². The highest BCUT2D eigenvalue weighted by Crippen LogP contribution is 2.43. The molecule has 0 aliphatic carbocycles. The Balaban J connectivity index is 4.49. The van der Waals surface area contributed by atoms with Gasteiger partial charge in [0.15, 0.2) is 6.10 Å². The Morgan fingerprint density at radius 3 is 1.84 bits per heavy atom. The number of aliphatic hydroxyl groups excluding tert-OH is 4. The van der Waals surface area contributed by atoms with Crippen LogP contribution in [-0.4, -0.2) is 88.1 Å². The smallest absolute Gasteiger partial charge is 0.462 e. The molecule has 50 heavy (non-hydrogen) atoms. The van der Waals surface area contributed by atoms with E-state index in [1.807, 2.05) is 6.08 Å². The highest BCUT2D eigenvalue weighted by Gasteiger charge is 2.27. The predicted octanol–water partition coefficient (Wildman–Crippen LogP) is 7.07. The van der Waals surface area contributed by atoms with Crippen LogP contribution in [-0.2, 0) is 32.7 Å². The number of esters is 2. The average Bonchev–Trinajstić information content (AvgIpc) is 3.08. The molecule has 0 bridgehead atoms. The van der Waals surface area contributed by atoms with Gasteiger partial charge in [-0.3, -0.25) is 18.6 Å². The molecule has 0 heterocycles. The molecule has 0 spiro atoms. The zero-order chi connectivity index (χ0) is 37.5. The SMILES string of the molecule is CCCCC/C=C\C[C@H](O)[C@@H](O)CCCCCCCC(=O)O[C@H](COC(=O)CCCCCCCCCC(C)C)COP(=O)(O)OC[C@@H](O)CO. The number of hydrogen-bond acceptors (Lipinski definition) is 11. The van der Waals surface area contributed by atoms with E-state index in [2.05, 4.69) is 31.4 Å². The van der Waals surface area contributed by atoms with Gasteiger partial charge in [-0.25, -0.2) is 4.57 Å². The van der Waals surface area contributed by atoms with Crippen LogP contribution in [0.15, 0.2) is 12.2 Å². The zero-order valence-corrected chi connectivity index (χ0v) is 32.2. The molecule has 0 saturated carbocycles. The molecule has 0 aromatic carbocycles. The maximum absolute atomic E-state index is 12.6. The van der Waals surface area contributed by atoms with Crippen LogP contribution >= 0.6 is 7.82 Å². The lowest BCUT2D eigenvalue weighted by molar-refractivity contribution is -0.161. The Labute approximate surface area is 301 Å². The Bertz CT molecular complexity index is 900. The van der Waals surface area contributed by atoms with Crippen molar-refractivity contribution in [1.29, 1.82) is 0 Å². The van der Waals surface area contributed by atoms with Gasteiger partial charge in [0.1, 0.15) is 12.7 Å². The number of hydrogen-bond donors (Lipinski definition) is 5. The lowest BCUT2D eigenvalue weighted by Crippen LogP contribution is -2.29. The van der Waals surface area contributed by atoms with Gasteiger partial charge in [0.2, 0.25) is 0 Å². The normalized spacial score (nSPS) is 15.5. The summed E-state index contributed by atoms with van der Waals surface area (Å²) in [7, 11) is -4.65. The molecule has 0 aromatic rings. The minimum atomic E-state index is -4.65. The molecular formula is C37H71O12P. The van der Waals surface area contributed by atoms with E-state index in [0.717, 1.165) is 63.7 Å². The summed E-state index contributed by atoms with van der Waals surface area (Å²) in [6.07, 6.45) is 18.0. The van der Waals surface area contributed by atoms with Crippen LogP contribution in [0.5, 0.6) is 0 Å². The molecule has 0 rings (SSSR count). The zero-order valence-electron chi connectivity index (χ0n) is 31.3. The molecule has 0 radical (unpaired) electrons. The number of unbranched alkanes of at least 4 members (excludes halogenated alkanes) is 13. The monoisotopic (exact) mass is 738 g/mol. The Kier molecular flexibility index (Phi) is 31.4. The van der Waals surface area contributed by atoms with E-state index >= 15 is 0 Å². The summed E-state index contributed by atoms with van der Waals surface area (Å²) < 4.78 is 32.5. The average molecular weight is 739 g/mol. The lowest BCUT2D eigenvalue weighted by Gasteiger charge is -2.20. The van der Waals surface area contributed by atoms with Crippen molar-refractivity contribution < 1.29 is 58.0 Å². The van der Waals surface area contributed by atoms with Crippen LogP contribution in [0.3, 0.4) is 0 Å². The van der Waals surface area contributed by atoms with Gasteiger partial charge < -0.3 is 34.8 Å². The third-order valence-electron chi connectivity index (χ3n) is 8.30. The van der Waals surface area contributed by atoms with Gasteiger partial charge in [0.25, 0.3) is 0 Å². The number of rotatable bonds is 35. The minimum Gasteiger partial charge on any atom is -0.462 e. The van der Waals surface area contributed by atoms with Crippen molar-refractivity contribution in [1.82, 2.24) is 0 Å². The van der Waals surface area contributed by atoms with Crippen molar-refractivity contribution >= 4 is 19.8 Å². The van der Waals surface area contributed by atoms with E-state index in [1.54, 1.807) is 0 Å². The molecule has 0 fully saturated rings. The number of carbonyl (C=O) groups excluding carboxylic acids is 2. The number of carbonyl (C=O) groups is 2. The maximum Gasteiger partial charge on any atom is 0.472 e. The lowest BCUT2D eigenvalue weighted by atomic mass is 10.0. The summed E-state index contributed by atoms with van der Waals surface area (Å²) in [5.41, 5.74) is 0. The number of ether oxygens (including phenoxy) is 2. The molecule has 5 N–H and O–H groups in total. The van der Waals surface area contributed by atoms with Crippen molar-refractivity contribution in [2.45, 2.75) is 180 Å². The van der Waals surface area contributed by atoms with Gasteiger partial charge in [-0.2, -0.15) is 0 Å². The molecule has 13 heteroatoms. The number of phosphoric ester groups is 1. The molecular weight excluding hydrogens is 667 g/mol. The standard InChI is InChI=1S/C37H71O12P/c1-4-5-6-7-13-18-23-34(40)35(41)24-19-14-11-16-21-26-37(43)49-33(30-48-50(44,45)47-28-32(39)27-38)29-46-36(42)25-20-15-10-8-9-12-17-22-31(2)3/h13,18,31-35,38-41H,4-12,14-17,19-30H2,1-3H3,(H,44,45)/b18-13-/t32-,33+,34-,35-/m0/s1. The molecule has 0 aliphatic rings. The first kappa shape index (κ1) is 48.6. The highest BCUT2D eigenvalue weighted by molar-refractivity contribution is 7.47. The van der Waals surface area contributed by atoms with Crippen molar-refractivity contribution in [3.8, 4) is 0 Å². The largest absolute Gasteiger partial charge is 0.472 e. The van der Waals surface area contributed by atoms with Crippen molar-refractivity contribution in [3.05, 3.63) is 12.2 Å². The van der Waals surface area contributed by atoms with Crippen molar-refractivity contribution in [2.24, 2.45) is 5.92 Å². The molecule has 0 aliphatic heterocycles. The first-order chi connectivity index (χ1) is 23.9. The third-order valence-corrected chi connectivity index (χ3v) is 9.25. The Morgan fingerprint density at radius 1 is 0.680 bits per heavy atom. The van der Waals surface area contributed by atoms with Crippen LogP contribution in [0, 0.1) is 5.92 Å². The van der Waals surface area contributed by atoms with Gasteiger partial charge in [-0.15, -0.1) is 0 Å². The van der Waals surface area contributed by atoms with Crippen molar-refractivity contribution in [3.63, 3.8) is 0 Å². The van der Waals surface area contributed by atoms with Crippen LogP contribution in [0.4, 0.5) is 0 Å². The number of phosphoric acid groups is 1. The van der Waals surface area contributed by atoms with E-state index in [1.165, 1.54) is 38.5 Å². The van der Waals surface area contributed by atoms with Gasteiger partial charge in [-0.05, 0) is 44.4 Å². The molecule has 5 atom stereocenters. The van der Waals surface area contributed by atoms with Gasteiger partial charge in [-0.1, -0.05) is 116 Å². The molecule has 0 aromatic heterocycles. The summed E-state index contributed by atoms with van der Waals surface area (Å²) in [6, 6.07) is 0. The highest BCUT2D eigenvalue weighted by atomic mass is 31.2. The van der Waals surface area contributed by atoms with E-state index in [9.17, 15) is 34.4 Å². The fraction of sp³-hybridized carbons (Fsp3) is 0.892. The number of allylic oxidation sites excluding steroid dienone is 1. The van der Waals surface area contributed by atoms with Gasteiger partial charge in [0, 0.05) is 12.8 Å². The minimum absolute atomic E-state index is 0.0871. The van der Waals surface area contributed by atoms with E-state index in [-0.39, 0.29) is 19.4 Å². The summed E-state index contributed by atoms with van der Waals surface area (Å²) in [4.78, 5) is 34.8. The summed E-state index contributed by atoms with van der Waals surface area (Å²) in [6.45, 7) is 4.37. The quantitative estimate of drug-likeness (QED) is 0.0193. The first-order valence-corrected chi connectivity index (χ1v) is 20.7. The summed E-state index contributed by atoms with van der Waals surface area (Å²) in [5, 5.41) is 38.6. The predicted molar refractivity (Wildman–Crippen MR) is 194 cm³/mol. The second-order valence-electron chi connectivity index (χ2n) is 13.7. The van der Waals surface area contributed by atoms with E-state index < -0.39 is 64.0 Å². The molecule has 1 unspecified atom stereocenters. The molecule has 0 amide bonds. The van der Waals surface area contributed by atoms with Crippen molar-refractivity contribution in [2.75, 3.05) is 26.4 Å². The molecule has 0 saturated heterocycles. The fourth-order valence-electron chi connectivity index (χ4n) is 5.14. The summed E-state index contributed by atoms with van der Waals surface area (Å²) in [5.74, 6) is -0.307. The van der Waals surface area contributed by atoms with E-state index in [0.29, 0.717) is 25.7 Å². The van der Waals surface area contributed by atoms with Gasteiger partial charge >= 0.3 is 19.8 Å². The Morgan fingerprint density at radius 2 is 1.24 bits per heavy atom. The number of aliphatic hydroxyl groups is 4. The molecule has 12 nitrogen and oxygen atoms in total. The fourth-order valence-corrected chi connectivity index (χ4v) is 5.93. The summed E-state index contributed by atoms with van der Waals surface area (Å²) >= 11 is 0. The molecule has 296 valence electrons. The van der Waals surface area contributed by atoms with E-state index in [4.69, 9.17) is 19.1 Å². The Hall–Kier alpha value is -1.37. The van der Waals surface area contributed by atoms with Crippen LogP contribution in [0.25, 0.3) is 0 Å².